The summed E-state index contributed by atoms with van der Waals surface area (Å²) in [6.07, 6.45) is 5.09. The minimum absolute atomic E-state index is 0.423. The van der Waals surface area contributed by atoms with Crippen molar-refractivity contribution in [3.05, 3.63) is 11.7 Å². The molecule has 1 aromatic rings. The number of hydrogen-bond donors (Lipinski definition) is 3. The second-order valence-electron chi connectivity index (χ2n) is 6.19. The van der Waals surface area contributed by atoms with Crippen LogP contribution < -0.4 is 10.6 Å². The van der Waals surface area contributed by atoms with Gasteiger partial charge in [-0.1, -0.05) is 31.8 Å². The van der Waals surface area contributed by atoms with E-state index in [1.54, 1.807) is 0 Å². The van der Waals surface area contributed by atoms with Crippen molar-refractivity contribution in [3.63, 3.8) is 0 Å². The van der Waals surface area contributed by atoms with Crippen LogP contribution in [-0.4, -0.2) is 46.4 Å². The van der Waals surface area contributed by atoms with Gasteiger partial charge in [0.2, 0.25) is 5.89 Å². The van der Waals surface area contributed by atoms with E-state index < -0.39 is 5.60 Å². The van der Waals surface area contributed by atoms with Gasteiger partial charge < -0.3 is 20.3 Å². The number of hydrogen-bond acceptors (Lipinski definition) is 5. The quantitative estimate of drug-likeness (QED) is 0.325. The number of aryl methyl sites for hydroxylation is 2. The number of guanidine groups is 1. The lowest BCUT2D eigenvalue weighted by atomic mass is 9.93. The number of rotatable bonds is 11. The summed E-state index contributed by atoms with van der Waals surface area (Å²) in [6.45, 7) is 9.99. The third kappa shape index (κ3) is 7.77. The molecule has 24 heavy (non-hydrogen) atoms. The van der Waals surface area contributed by atoms with Crippen LogP contribution in [0.4, 0.5) is 0 Å². The van der Waals surface area contributed by atoms with Crippen molar-refractivity contribution >= 4 is 5.96 Å². The van der Waals surface area contributed by atoms with Crippen molar-refractivity contribution in [3.8, 4) is 0 Å². The molecule has 0 amide bonds. The van der Waals surface area contributed by atoms with E-state index in [0.717, 1.165) is 57.6 Å². The maximum Gasteiger partial charge on any atom is 0.226 e. The molecule has 0 bridgehead atoms. The first-order chi connectivity index (χ1) is 11.5. The molecule has 0 aliphatic rings. The molecule has 3 N–H and O–H groups in total. The summed E-state index contributed by atoms with van der Waals surface area (Å²) >= 11 is 0. The minimum atomic E-state index is -0.701. The summed E-state index contributed by atoms with van der Waals surface area (Å²) in [5.74, 6) is 2.07. The Kier molecular flexibility index (Phi) is 9.37. The molecule has 138 valence electrons. The average molecular weight is 339 g/mol. The molecule has 7 heteroatoms. The van der Waals surface area contributed by atoms with Crippen LogP contribution in [0.3, 0.4) is 0 Å². The number of aliphatic imine (C=N–C) groups is 1. The van der Waals surface area contributed by atoms with Crippen LogP contribution in [0, 0.1) is 6.92 Å². The largest absolute Gasteiger partial charge is 0.388 e. The SMILES string of the molecule is CCCC(O)(CCC)CN=C(NCC)NCCCc1nc(C)no1. The maximum atomic E-state index is 10.7. The first-order valence-corrected chi connectivity index (χ1v) is 9.06. The molecule has 0 aromatic carbocycles. The fourth-order valence-corrected chi connectivity index (χ4v) is 2.67. The van der Waals surface area contributed by atoms with Crippen molar-refractivity contribution in [2.24, 2.45) is 4.99 Å². The first kappa shape index (κ1) is 20.4. The maximum absolute atomic E-state index is 10.7. The summed E-state index contributed by atoms with van der Waals surface area (Å²) in [5.41, 5.74) is -0.701. The third-order valence-electron chi connectivity index (χ3n) is 3.74. The summed E-state index contributed by atoms with van der Waals surface area (Å²) < 4.78 is 5.10. The average Bonchev–Trinajstić information content (AvgIpc) is 2.95. The minimum Gasteiger partial charge on any atom is -0.388 e. The lowest BCUT2D eigenvalue weighted by Crippen LogP contribution is -2.40. The second kappa shape index (κ2) is 11.0. The van der Waals surface area contributed by atoms with Crippen LogP contribution in [0.25, 0.3) is 0 Å². The zero-order chi connectivity index (χ0) is 17.8. The molecule has 0 aliphatic heterocycles. The van der Waals surface area contributed by atoms with Gasteiger partial charge in [-0.15, -0.1) is 0 Å². The summed E-state index contributed by atoms with van der Waals surface area (Å²) in [4.78, 5) is 8.75. The van der Waals surface area contributed by atoms with E-state index in [2.05, 4.69) is 39.6 Å². The van der Waals surface area contributed by atoms with Gasteiger partial charge in [0.1, 0.15) is 0 Å². The van der Waals surface area contributed by atoms with Crippen molar-refractivity contribution < 1.29 is 9.63 Å². The van der Waals surface area contributed by atoms with Gasteiger partial charge in [-0.2, -0.15) is 4.98 Å². The molecule has 1 aromatic heterocycles. The van der Waals surface area contributed by atoms with E-state index in [-0.39, 0.29) is 0 Å². The zero-order valence-corrected chi connectivity index (χ0v) is 15.6. The predicted molar refractivity (Wildman–Crippen MR) is 96.1 cm³/mol. The third-order valence-corrected chi connectivity index (χ3v) is 3.74. The van der Waals surface area contributed by atoms with Gasteiger partial charge in [0.05, 0.1) is 12.1 Å². The predicted octanol–water partition coefficient (Wildman–Crippen LogP) is 2.20. The Morgan fingerprint density at radius 2 is 1.92 bits per heavy atom. The van der Waals surface area contributed by atoms with Gasteiger partial charge in [-0.25, -0.2) is 0 Å². The van der Waals surface area contributed by atoms with Crippen molar-refractivity contribution in [2.45, 2.75) is 71.8 Å². The summed E-state index contributed by atoms with van der Waals surface area (Å²) in [7, 11) is 0. The molecule has 0 saturated heterocycles. The Labute approximate surface area is 145 Å². The van der Waals surface area contributed by atoms with E-state index in [9.17, 15) is 5.11 Å². The fourth-order valence-electron chi connectivity index (χ4n) is 2.67. The molecule has 1 rings (SSSR count). The van der Waals surface area contributed by atoms with Gasteiger partial charge in [0.15, 0.2) is 11.8 Å². The molecule has 0 atom stereocenters. The van der Waals surface area contributed by atoms with Gasteiger partial charge in [0.25, 0.3) is 0 Å². The van der Waals surface area contributed by atoms with Crippen LogP contribution in [0.5, 0.6) is 0 Å². The summed E-state index contributed by atoms with van der Waals surface area (Å²) in [6, 6.07) is 0. The van der Waals surface area contributed by atoms with Crippen LogP contribution in [0.1, 0.15) is 64.6 Å². The van der Waals surface area contributed by atoms with Crippen LogP contribution in [-0.2, 0) is 6.42 Å². The number of nitrogens with zero attached hydrogens (tertiary/aromatic N) is 3. The van der Waals surface area contributed by atoms with E-state index in [1.807, 2.05) is 13.8 Å². The Balaban J connectivity index is 2.45. The normalized spacial score (nSPS) is 12.5. The van der Waals surface area contributed by atoms with Gasteiger partial charge in [0, 0.05) is 19.5 Å². The lowest BCUT2D eigenvalue weighted by Gasteiger charge is -2.26. The molecular weight excluding hydrogens is 306 g/mol. The van der Waals surface area contributed by atoms with E-state index in [1.165, 1.54) is 0 Å². The highest BCUT2D eigenvalue weighted by Crippen LogP contribution is 2.19. The van der Waals surface area contributed by atoms with E-state index >= 15 is 0 Å². The van der Waals surface area contributed by atoms with Crippen LogP contribution >= 0.6 is 0 Å². The highest BCUT2D eigenvalue weighted by molar-refractivity contribution is 5.79. The molecule has 0 spiro atoms. The monoisotopic (exact) mass is 339 g/mol. The van der Waals surface area contributed by atoms with Crippen LogP contribution in [0.15, 0.2) is 9.52 Å². The van der Waals surface area contributed by atoms with Gasteiger partial charge >= 0.3 is 0 Å². The zero-order valence-electron chi connectivity index (χ0n) is 15.6. The summed E-state index contributed by atoms with van der Waals surface area (Å²) in [5, 5.41) is 21.0. The van der Waals surface area contributed by atoms with E-state index in [4.69, 9.17) is 4.52 Å². The highest BCUT2D eigenvalue weighted by Gasteiger charge is 2.24. The Bertz CT molecular complexity index is 481. The molecule has 0 saturated carbocycles. The Morgan fingerprint density at radius 1 is 1.21 bits per heavy atom. The number of aromatic nitrogens is 2. The topological polar surface area (TPSA) is 95.6 Å². The molecule has 1 heterocycles. The molecule has 0 fully saturated rings. The second-order valence-corrected chi connectivity index (χ2v) is 6.19. The number of nitrogens with one attached hydrogen (secondary N) is 2. The molecule has 0 aliphatic carbocycles. The number of aliphatic hydroxyl groups is 1. The van der Waals surface area contributed by atoms with Crippen LogP contribution in [0.2, 0.25) is 0 Å². The molecule has 0 radical (unpaired) electrons. The Morgan fingerprint density at radius 3 is 2.46 bits per heavy atom. The standard InChI is InChI=1S/C17H33N5O2/c1-5-10-17(23,11-6-2)13-20-16(18-7-3)19-12-8-9-15-21-14(4)22-24-15/h23H,5-13H2,1-4H3,(H2,18,19,20). The van der Waals surface area contributed by atoms with Gasteiger partial charge in [-0.05, 0) is 33.1 Å². The molecule has 0 unspecified atom stereocenters. The smallest absolute Gasteiger partial charge is 0.226 e. The fraction of sp³-hybridized carbons (Fsp3) is 0.824. The van der Waals surface area contributed by atoms with Crippen molar-refractivity contribution in [1.29, 1.82) is 0 Å². The van der Waals surface area contributed by atoms with Crippen molar-refractivity contribution in [2.75, 3.05) is 19.6 Å². The highest BCUT2D eigenvalue weighted by atomic mass is 16.5. The lowest BCUT2D eigenvalue weighted by molar-refractivity contribution is 0.0306. The first-order valence-electron chi connectivity index (χ1n) is 9.06. The molecule has 7 nitrogen and oxygen atoms in total. The van der Waals surface area contributed by atoms with Gasteiger partial charge in [-0.3, -0.25) is 4.99 Å². The molecular formula is C17H33N5O2. The van der Waals surface area contributed by atoms with E-state index in [0.29, 0.717) is 18.3 Å². The van der Waals surface area contributed by atoms with Crippen molar-refractivity contribution in [1.82, 2.24) is 20.8 Å². The Hall–Kier alpha value is -1.63.